The van der Waals surface area contributed by atoms with Gasteiger partial charge in [-0.15, -0.1) is 0 Å². The van der Waals surface area contributed by atoms with Crippen LogP contribution in [0.4, 0.5) is 5.69 Å². The lowest BCUT2D eigenvalue weighted by Gasteiger charge is -2.34. The normalized spacial score (nSPS) is 12.8. The number of halogens is 2. The van der Waals surface area contributed by atoms with Crippen molar-refractivity contribution in [3.05, 3.63) is 94.0 Å². The van der Waals surface area contributed by atoms with Crippen molar-refractivity contribution in [1.29, 1.82) is 0 Å². The molecule has 3 rings (SSSR count). The third kappa shape index (κ3) is 7.77. The molecule has 0 saturated heterocycles. The lowest BCUT2D eigenvalue weighted by molar-refractivity contribution is -0.140. The van der Waals surface area contributed by atoms with Gasteiger partial charge in [-0.1, -0.05) is 85.1 Å². The van der Waals surface area contributed by atoms with Crippen molar-refractivity contribution >= 4 is 50.7 Å². The van der Waals surface area contributed by atoms with Gasteiger partial charge in [-0.2, -0.15) is 0 Å². The Hall–Kier alpha value is -3.07. The summed E-state index contributed by atoms with van der Waals surface area (Å²) in [5, 5.41) is 3.37. The predicted octanol–water partition coefficient (Wildman–Crippen LogP) is 6.22. The molecule has 40 heavy (non-hydrogen) atoms. The summed E-state index contributed by atoms with van der Waals surface area (Å²) in [4.78, 5) is 28.9. The first-order valence-corrected chi connectivity index (χ1v) is 15.4. The lowest BCUT2D eigenvalue weighted by Crippen LogP contribution is -2.53. The first kappa shape index (κ1) is 31.5. The molecule has 1 N–H and O–H groups in total. The Bertz CT molecular complexity index is 1430. The van der Waals surface area contributed by atoms with Gasteiger partial charge in [-0.05, 0) is 62.6 Å². The van der Waals surface area contributed by atoms with Gasteiger partial charge in [0.2, 0.25) is 11.8 Å². The molecule has 214 valence electrons. The van der Waals surface area contributed by atoms with E-state index < -0.39 is 28.5 Å². The first-order valence-electron chi connectivity index (χ1n) is 13.2. The molecule has 10 heteroatoms. The Kier molecular flexibility index (Phi) is 11.0. The van der Waals surface area contributed by atoms with Gasteiger partial charge in [0, 0.05) is 12.6 Å². The maximum atomic E-state index is 14.1. The van der Waals surface area contributed by atoms with Crippen molar-refractivity contribution in [1.82, 2.24) is 10.2 Å². The van der Waals surface area contributed by atoms with Gasteiger partial charge >= 0.3 is 0 Å². The fraction of sp³-hybridized carbons (Fsp3) is 0.333. The molecule has 0 bridgehead atoms. The number of anilines is 1. The molecule has 0 saturated carbocycles. The molecule has 7 nitrogen and oxygen atoms in total. The molecule has 0 unspecified atom stereocenters. The number of rotatable bonds is 12. The zero-order valence-corrected chi connectivity index (χ0v) is 25.4. The van der Waals surface area contributed by atoms with Crippen LogP contribution < -0.4 is 9.62 Å². The van der Waals surface area contributed by atoms with E-state index in [9.17, 15) is 18.0 Å². The van der Waals surface area contributed by atoms with Crippen LogP contribution in [0.1, 0.15) is 44.7 Å². The zero-order valence-electron chi connectivity index (χ0n) is 23.1. The van der Waals surface area contributed by atoms with Crippen molar-refractivity contribution < 1.29 is 18.0 Å². The van der Waals surface area contributed by atoms with Gasteiger partial charge in [0.05, 0.1) is 20.6 Å². The predicted molar refractivity (Wildman–Crippen MR) is 161 cm³/mol. The quantitative estimate of drug-likeness (QED) is 0.266. The molecule has 3 aromatic rings. The number of hydrogen-bond acceptors (Lipinski definition) is 4. The molecule has 0 aliphatic carbocycles. The summed E-state index contributed by atoms with van der Waals surface area (Å²) in [5.41, 5.74) is 2.01. The number of carbonyl (C=O) groups is 2. The minimum absolute atomic E-state index is 0.0145. The van der Waals surface area contributed by atoms with Crippen molar-refractivity contribution in [3.63, 3.8) is 0 Å². The van der Waals surface area contributed by atoms with Gasteiger partial charge in [0.15, 0.2) is 0 Å². The van der Waals surface area contributed by atoms with Crippen LogP contribution in [-0.2, 0) is 26.2 Å². The van der Waals surface area contributed by atoms with Crippen LogP contribution in [0.3, 0.4) is 0 Å². The van der Waals surface area contributed by atoms with E-state index >= 15 is 0 Å². The van der Waals surface area contributed by atoms with Crippen LogP contribution in [0.5, 0.6) is 0 Å². The number of aryl methyl sites for hydroxylation is 1. The molecule has 0 fully saturated rings. The fourth-order valence-electron chi connectivity index (χ4n) is 4.26. The third-order valence-electron chi connectivity index (χ3n) is 6.62. The second kappa shape index (κ2) is 14.0. The molecule has 2 amide bonds. The maximum Gasteiger partial charge on any atom is 0.264 e. The van der Waals surface area contributed by atoms with E-state index in [2.05, 4.69) is 5.32 Å². The summed E-state index contributed by atoms with van der Waals surface area (Å²) in [6.45, 7) is 7.22. The molecule has 3 aromatic carbocycles. The van der Waals surface area contributed by atoms with Crippen molar-refractivity contribution in [2.45, 2.75) is 64.1 Å². The highest BCUT2D eigenvalue weighted by Gasteiger charge is 2.34. The molecular weight excluding hydrogens is 569 g/mol. The van der Waals surface area contributed by atoms with Crippen LogP contribution in [0.25, 0.3) is 0 Å². The second-order valence-corrected chi connectivity index (χ2v) is 12.4. The topological polar surface area (TPSA) is 86.8 Å². The number of hydrogen-bond donors (Lipinski definition) is 1. The average Bonchev–Trinajstić information content (AvgIpc) is 2.93. The van der Waals surface area contributed by atoms with E-state index in [-0.39, 0.29) is 39.1 Å². The Morgan fingerprint density at radius 2 is 1.60 bits per heavy atom. The number of sulfonamides is 1. The summed E-state index contributed by atoms with van der Waals surface area (Å²) in [5.74, 6) is -0.817. The van der Waals surface area contributed by atoms with E-state index in [1.54, 1.807) is 18.2 Å². The van der Waals surface area contributed by atoms with Gasteiger partial charge in [-0.3, -0.25) is 13.9 Å². The van der Waals surface area contributed by atoms with Crippen molar-refractivity contribution in [3.8, 4) is 0 Å². The Balaban J connectivity index is 2.07. The Morgan fingerprint density at radius 3 is 2.20 bits per heavy atom. The highest BCUT2D eigenvalue weighted by atomic mass is 35.5. The molecule has 0 radical (unpaired) electrons. The first-order chi connectivity index (χ1) is 19.0. The van der Waals surface area contributed by atoms with Crippen LogP contribution in [-0.4, -0.2) is 43.8 Å². The largest absolute Gasteiger partial charge is 0.352 e. The van der Waals surface area contributed by atoms with E-state index in [1.165, 1.54) is 35.2 Å². The van der Waals surface area contributed by atoms with Gasteiger partial charge in [0.25, 0.3) is 10.0 Å². The van der Waals surface area contributed by atoms with Crippen LogP contribution >= 0.6 is 23.2 Å². The summed E-state index contributed by atoms with van der Waals surface area (Å²) in [6, 6.07) is 19.0. The third-order valence-corrected chi connectivity index (χ3v) is 9.15. The van der Waals surface area contributed by atoms with E-state index in [0.717, 1.165) is 21.9 Å². The number of benzene rings is 3. The van der Waals surface area contributed by atoms with Crippen molar-refractivity contribution in [2.24, 2.45) is 0 Å². The summed E-state index contributed by atoms with van der Waals surface area (Å²) < 4.78 is 28.7. The summed E-state index contributed by atoms with van der Waals surface area (Å²) in [6.07, 6.45) is 1.08. The summed E-state index contributed by atoms with van der Waals surface area (Å²) >= 11 is 12.4. The maximum absolute atomic E-state index is 14.1. The molecule has 0 aliphatic heterocycles. The molecular formula is C30H35Cl2N3O4S. The number of nitrogens with one attached hydrogen (secondary N) is 1. The second-order valence-electron chi connectivity index (χ2n) is 9.68. The molecule has 0 aromatic heterocycles. The highest BCUT2D eigenvalue weighted by Crippen LogP contribution is 2.31. The zero-order chi connectivity index (χ0) is 29.4. The Morgan fingerprint density at radius 1 is 0.900 bits per heavy atom. The summed E-state index contributed by atoms with van der Waals surface area (Å²) in [7, 11) is -4.18. The highest BCUT2D eigenvalue weighted by molar-refractivity contribution is 7.92. The average molecular weight is 605 g/mol. The van der Waals surface area contributed by atoms with Crippen LogP contribution in [0.15, 0.2) is 77.7 Å². The monoisotopic (exact) mass is 603 g/mol. The smallest absolute Gasteiger partial charge is 0.264 e. The van der Waals surface area contributed by atoms with Gasteiger partial charge in [-0.25, -0.2) is 8.42 Å². The van der Waals surface area contributed by atoms with E-state index in [1.807, 2.05) is 52.0 Å². The molecule has 0 spiro atoms. The minimum Gasteiger partial charge on any atom is -0.352 e. The number of nitrogens with zero attached hydrogens (tertiary/aromatic N) is 2. The molecule has 2 atom stereocenters. The van der Waals surface area contributed by atoms with E-state index in [4.69, 9.17) is 23.2 Å². The van der Waals surface area contributed by atoms with E-state index in [0.29, 0.717) is 6.42 Å². The fourth-order valence-corrected chi connectivity index (χ4v) is 5.98. The van der Waals surface area contributed by atoms with Crippen LogP contribution in [0.2, 0.25) is 10.0 Å². The molecule has 0 heterocycles. The van der Waals surface area contributed by atoms with Crippen LogP contribution in [0, 0.1) is 6.92 Å². The Labute approximate surface area is 247 Å². The molecule has 0 aliphatic rings. The standard InChI is InChI=1S/C30H35Cl2N3O4S/c1-5-22(4)33-30(37)28(6-2)34(19-23-12-10-11-21(3)17-23)29(36)20-35(24-15-16-26(31)27(32)18-24)40(38,39)25-13-8-7-9-14-25/h7-18,22,28H,5-6,19-20H2,1-4H3,(H,33,37)/t22-,28-/m1/s1. The van der Waals surface area contributed by atoms with Gasteiger partial charge < -0.3 is 10.2 Å². The van der Waals surface area contributed by atoms with Crippen molar-refractivity contribution in [2.75, 3.05) is 10.8 Å². The minimum atomic E-state index is -4.18. The lowest BCUT2D eigenvalue weighted by atomic mass is 10.1. The number of carbonyl (C=O) groups excluding carboxylic acids is 2. The SMILES string of the molecule is CC[C@@H](C)NC(=O)[C@@H](CC)N(Cc1cccc(C)c1)C(=O)CN(c1ccc(Cl)c(Cl)c1)S(=O)(=O)c1ccccc1. The number of amides is 2. The van der Waals surface area contributed by atoms with Gasteiger partial charge in [0.1, 0.15) is 12.6 Å².